The van der Waals surface area contributed by atoms with Crippen molar-refractivity contribution in [3.05, 3.63) is 0 Å². The van der Waals surface area contributed by atoms with Crippen LogP contribution in [0.1, 0.15) is 41.0 Å². The predicted octanol–water partition coefficient (Wildman–Crippen LogP) is 1.44. The summed E-state index contributed by atoms with van der Waals surface area (Å²) in [7, 11) is 0. The van der Waals surface area contributed by atoms with Crippen LogP contribution >= 0.6 is 0 Å². The van der Waals surface area contributed by atoms with Crippen LogP contribution in [-0.2, 0) is 23.9 Å². The molecule has 0 aromatic heterocycles. The molecule has 5 heteroatoms. The minimum Gasteiger partial charge on any atom is -0.463 e. The van der Waals surface area contributed by atoms with Crippen LogP contribution in [0.5, 0.6) is 0 Å². The van der Waals surface area contributed by atoms with Crippen molar-refractivity contribution in [1.82, 2.24) is 0 Å². The maximum Gasteiger partial charge on any atom is 0.313 e. The molecule has 0 bridgehead atoms. The second-order valence-electron chi connectivity index (χ2n) is 2.98. The summed E-state index contributed by atoms with van der Waals surface area (Å²) < 4.78 is 8.73. The molecule has 0 heterocycles. The number of hydrogen-bond donors (Lipinski definition) is 0. The number of carbonyl (C=O) groups excluding carboxylic acids is 3. The first kappa shape index (κ1) is 16.1. The monoisotopic (exact) mass is 218 g/mol. The van der Waals surface area contributed by atoms with Gasteiger partial charge in [-0.1, -0.05) is 6.92 Å². The number of esters is 3. The largest absolute Gasteiger partial charge is 0.463 e. The van der Waals surface area contributed by atoms with E-state index in [0.29, 0.717) is 0 Å². The van der Waals surface area contributed by atoms with Crippen LogP contribution < -0.4 is 0 Å². The lowest BCUT2D eigenvalue weighted by Gasteiger charge is -2.01. The first-order chi connectivity index (χ1) is 6.79. The van der Waals surface area contributed by atoms with Crippen LogP contribution in [0, 0.1) is 0 Å². The molecule has 0 fully saturated rings. The molecule has 15 heavy (non-hydrogen) atoms. The van der Waals surface area contributed by atoms with Gasteiger partial charge in [0.1, 0.15) is 0 Å². The average molecular weight is 218 g/mol. The summed E-state index contributed by atoms with van der Waals surface area (Å²) in [6.07, 6.45) is 0.275. The molecule has 0 radical (unpaired) electrons. The summed E-state index contributed by atoms with van der Waals surface area (Å²) in [5.41, 5.74) is 0. The van der Waals surface area contributed by atoms with Crippen molar-refractivity contribution in [2.45, 2.75) is 47.1 Å². The second-order valence-corrected chi connectivity index (χ2v) is 2.98. The van der Waals surface area contributed by atoms with Crippen LogP contribution in [0.2, 0.25) is 0 Å². The maximum atomic E-state index is 10.2. The van der Waals surface area contributed by atoms with E-state index in [-0.39, 0.29) is 18.5 Å². The zero-order chi connectivity index (χ0) is 12.4. The normalized spacial score (nSPS) is 8.67. The van der Waals surface area contributed by atoms with E-state index in [0.717, 1.165) is 0 Å². The van der Waals surface area contributed by atoms with Crippen molar-refractivity contribution >= 4 is 17.9 Å². The average Bonchev–Trinajstić information content (AvgIpc) is 2.01. The first-order valence-electron chi connectivity index (χ1n) is 4.68. The highest BCUT2D eigenvalue weighted by Crippen LogP contribution is 1.85. The van der Waals surface area contributed by atoms with Gasteiger partial charge in [-0.2, -0.15) is 0 Å². The third kappa shape index (κ3) is 19.1. The molecular formula is C10H18O5. The fraction of sp³-hybridized carbons (Fsp3) is 0.700. The number of rotatable bonds is 2. The van der Waals surface area contributed by atoms with Crippen LogP contribution in [0.15, 0.2) is 0 Å². The Bertz CT molecular complexity index is 220. The van der Waals surface area contributed by atoms with E-state index in [4.69, 9.17) is 0 Å². The van der Waals surface area contributed by atoms with E-state index in [1.807, 2.05) is 13.8 Å². The molecule has 0 aliphatic carbocycles. The number of ether oxygens (including phenoxy) is 2. The molecule has 0 spiro atoms. The van der Waals surface area contributed by atoms with E-state index in [9.17, 15) is 14.4 Å². The summed E-state index contributed by atoms with van der Waals surface area (Å²) in [6, 6.07) is 0. The maximum absolute atomic E-state index is 10.2. The molecule has 0 rings (SSSR count). The van der Waals surface area contributed by atoms with Gasteiger partial charge >= 0.3 is 17.9 Å². The summed E-state index contributed by atoms with van der Waals surface area (Å²) in [6.45, 7) is 7.88. The highest BCUT2D eigenvalue weighted by molar-refractivity contribution is 5.83. The van der Waals surface area contributed by atoms with Gasteiger partial charge in [0.2, 0.25) is 0 Å². The Morgan fingerprint density at radius 3 is 1.60 bits per heavy atom. The van der Waals surface area contributed by atoms with Gasteiger partial charge in [-0.3, -0.25) is 14.4 Å². The zero-order valence-electron chi connectivity index (χ0n) is 9.83. The molecule has 88 valence electrons. The molecule has 0 aromatic rings. The predicted molar refractivity (Wildman–Crippen MR) is 54.0 cm³/mol. The van der Waals surface area contributed by atoms with Gasteiger partial charge in [0, 0.05) is 20.3 Å². The highest BCUT2D eigenvalue weighted by Gasteiger charge is 1.99. The Morgan fingerprint density at radius 1 is 1.07 bits per heavy atom. The topological polar surface area (TPSA) is 69.7 Å². The molecule has 0 saturated heterocycles. The number of carbonyl (C=O) groups is 3. The van der Waals surface area contributed by atoms with Gasteiger partial charge in [-0.15, -0.1) is 0 Å². The highest BCUT2D eigenvalue weighted by atomic mass is 16.6. The summed E-state index contributed by atoms with van der Waals surface area (Å²) in [4.78, 5) is 30.2. The van der Waals surface area contributed by atoms with E-state index >= 15 is 0 Å². The third-order valence-electron chi connectivity index (χ3n) is 0.948. The van der Waals surface area contributed by atoms with Crippen LogP contribution in [-0.4, -0.2) is 24.0 Å². The molecule has 0 aliphatic heterocycles. The van der Waals surface area contributed by atoms with Gasteiger partial charge < -0.3 is 9.47 Å². The SMILES string of the molecule is CC(=O)OC(C)C.CCC(=O)OC(C)=O. The standard InChI is InChI=1S/C5H8O3.C5H10O2/c1-3-5(7)8-4(2)6;1-4(2)7-5(3)6/h3H2,1-2H3;4H,1-3H3. The molecule has 0 atom stereocenters. The van der Waals surface area contributed by atoms with Gasteiger partial charge in [0.25, 0.3) is 0 Å². The van der Waals surface area contributed by atoms with Crippen molar-refractivity contribution in [3.8, 4) is 0 Å². The Balaban J connectivity index is 0. The van der Waals surface area contributed by atoms with Gasteiger partial charge in [0.15, 0.2) is 0 Å². The third-order valence-corrected chi connectivity index (χ3v) is 0.948. The van der Waals surface area contributed by atoms with Crippen LogP contribution in [0.4, 0.5) is 0 Å². The molecule has 0 amide bonds. The summed E-state index contributed by atoms with van der Waals surface area (Å²) in [5.74, 6) is -1.23. The molecular weight excluding hydrogens is 200 g/mol. The molecule has 5 nitrogen and oxygen atoms in total. The quantitative estimate of drug-likeness (QED) is 0.518. The number of hydrogen-bond acceptors (Lipinski definition) is 5. The smallest absolute Gasteiger partial charge is 0.313 e. The van der Waals surface area contributed by atoms with Gasteiger partial charge in [-0.05, 0) is 13.8 Å². The first-order valence-corrected chi connectivity index (χ1v) is 4.68. The van der Waals surface area contributed by atoms with Crippen LogP contribution in [0.3, 0.4) is 0 Å². The molecule has 0 N–H and O–H groups in total. The molecule has 0 aliphatic rings. The van der Waals surface area contributed by atoms with Crippen molar-refractivity contribution in [2.75, 3.05) is 0 Å². The van der Waals surface area contributed by atoms with E-state index in [1.54, 1.807) is 6.92 Å². The lowest BCUT2D eigenvalue weighted by atomic mass is 10.5. The van der Waals surface area contributed by atoms with Crippen LogP contribution in [0.25, 0.3) is 0 Å². The van der Waals surface area contributed by atoms with Gasteiger partial charge in [-0.25, -0.2) is 0 Å². The minimum atomic E-state index is -0.545. The van der Waals surface area contributed by atoms with Crippen molar-refractivity contribution in [2.24, 2.45) is 0 Å². The van der Waals surface area contributed by atoms with E-state index in [2.05, 4.69) is 9.47 Å². The fourth-order valence-electron chi connectivity index (χ4n) is 0.564. The van der Waals surface area contributed by atoms with E-state index in [1.165, 1.54) is 13.8 Å². The van der Waals surface area contributed by atoms with E-state index < -0.39 is 11.9 Å². The minimum absolute atomic E-state index is 0.0255. The molecule has 0 unspecified atom stereocenters. The summed E-state index contributed by atoms with van der Waals surface area (Å²) in [5, 5.41) is 0. The Kier molecular flexibility index (Phi) is 9.82. The lowest BCUT2D eigenvalue weighted by Crippen LogP contribution is -2.06. The lowest BCUT2D eigenvalue weighted by molar-refractivity contribution is -0.157. The second kappa shape index (κ2) is 9.18. The Hall–Kier alpha value is -1.39. The fourth-order valence-corrected chi connectivity index (χ4v) is 0.564. The van der Waals surface area contributed by atoms with Crippen molar-refractivity contribution < 1.29 is 23.9 Å². The Morgan fingerprint density at radius 2 is 1.53 bits per heavy atom. The van der Waals surface area contributed by atoms with Crippen molar-refractivity contribution in [3.63, 3.8) is 0 Å². The zero-order valence-corrected chi connectivity index (χ0v) is 9.83. The van der Waals surface area contributed by atoms with Gasteiger partial charge in [0.05, 0.1) is 6.10 Å². The van der Waals surface area contributed by atoms with Crippen molar-refractivity contribution in [1.29, 1.82) is 0 Å². The summed E-state index contributed by atoms with van der Waals surface area (Å²) >= 11 is 0. The molecule has 0 saturated carbocycles. The molecule has 0 aromatic carbocycles. The Labute approximate surface area is 89.7 Å².